The van der Waals surface area contributed by atoms with Gasteiger partial charge in [-0.3, -0.25) is 0 Å². The van der Waals surface area contributed by atoms with E-state index in [-0.39, 0.29) is 5.82 Å². The first kappa shape index (κ1) is 14.9. The minimum Gasteiger partial charge on any atom is -0.369 e. The average molecular weight is 310 g/mol. The SMILES string of the molecule is N#CCCn1ncc2c(NCCc3ccc(F)cc3)ncnc21. The third kappa shape index (κ3) is 3.43. The van der Waals surface area contributed by atoms with Crippen LogP contribution in [0.15, 0.2) is 36.8 Å². The van der Waals surface area contributed by atoms with Crippen molar-refractivity contribution in [2.75, 3.05) is 11.9 Å². The quantitative estimate of drug-likeness (QED) is 0.757. The molecule has 0 bridgehead atoms. The van der Waals surface area contributed by atoms with Gasteiger partial charge in [-0.1, -0.05) is 12.1 Å². The van der Waals surface area contributed by atoms with Crippen LogP contribution in [0.4, 0.5) is 10.2 Å². The number of anilines is 1. The number of benzene rings is 1. The Labute approximate surface area is 132 Å². The van der Waals surface area contributed by atoms with Crippen LogP contribution in [0.2, 0.25) is 0 Å². The molecule has 3 rings (SSSR count). The van der Waals surface area contributed by atoms with Crippen LogP contribution in [0.25, 0.3) is 11.0 Å². The van der Waals surface area contributed by atoms with Crippen LogP contribution in [0.1, 0.15) is 12.0 Å². The van der Waals surface area contributed by atoms with E-state index in [1.54, 1.807) is 23.0 Å². The lowest BCUT2D eigenvalue weighted by Crippen LogP contribution is -2.07. The van der Waals surface area contributed by atoms with E-state index in [2.05, 4.69) is 26.5 Å². The lowest BCUT2D eigenvalue weighted by atomic mass is 10.1. The molecule has 0 unspecified atom stereocenters. The van der Waals surface area contributed by atoms with Gasteiger partial charge < -0.3 is 5.32 Å². The van der Waals surface area contributed by atoms with E-state index in [1.807, 2.05) is 0 Å². The van der Waals surface area contributed by atoms with Gasteiger partial charge in [0.15, 0.2) is 5.65 Å². The van der Waals surface area contributed by atoms with Gasteiger partial charge in [0.1, 0.15) is 18.0 Å². The first-order valence-electron chi connectivity index (χ1n) is 7.29. The lowest BCUT2D eigenvalue weighted by molar-refractivity contribution is 0.627. The first-order valence-corrected chi connectivity index (χ1v) is 7.29. The van der Waals surface area contributed by atoms with Crippen LogP contribution in [0, 0.1) is 17.1 Å². The van der Waals surface area contributed by atoms with Crippen molar-refractivity contribution in [1.82, 2.24) is 19.7 Å². The highest BCUT2D eigenvalue weighted by Crippen LogP contribution is 2.18. The third-order valence-electron chi connectivity index (χ3n) is 3.49. The summed E-state index contributed by atoms with van der Waals surface area (Å²) in [6.07, 6.45) is 4.32. The molecular formula is C16H15FN6. The molecule has 0 atom stereocenters. The number of nitrogens with zero attached hydrogens (tertiary/aromatic N) is 5. The number of rotatable bonds is 6. The summed E-state index contributed by atoms with van der Waals surface area (Å²) in [4.78, 5) is 8.47. The Kier molecular flexibility index (Phi) is 4.43. The van der Waals surface area contributed by atoms with E-state index >= 15 is 0 Å². The highest BCUT2D eigenvalue weighted by Gasteiger charge is 2.09. The van der Waals surface area contributed by atoms with Gasteiger partial charge in [0.2, 0.25) is 0 Å². The number of nitrogens with one attached hydrogen (secondary N) is 1. The molecule has 2 heterocycles. The molecule has 0 spiro atoms. The van der Waals surface area contributed by atoms with E-state index in [4.69, 9.17) is 5.26 Å². The Morgan fingerprint density at radius 2 is 2.04 bits per heavy atom. The van der Waals surface area contributed by atoms with Crippen LogP contribution in [-0.2, 0) is 13.0 Å². The summed E-state index contributed by atoms with van der Waals surface area (Å²) in [5.74, 6) is 0.476. The minimum absolute atomic E-state index is 0.232. The van der Waals surface area contributed by atoms with Crippen LogP contribution >= 0.6 is 0 Å². The smallest absolute Gasteiger partial charge is 0.163 e. The summed E-state index contributed by atoms with van der Waals surface area (Å²) in [6.45, 7) is 1.17. The Hall–Kier alpha value is -3.01. The number of nitriles is 1. The summed E-state index contributed by atoms with van der Waals surface area (Å²) in [5.41, 5.74) is 1.76. The van der Waals surface area contributed by atoms with E-state index in [0.717, 1.165) is 17.4 Å². The fourth-order valence-corrected chi connectivity index (χ4v) is 2.33. The van der Waals surface area contributed by atoms with Gasteiger partial charge in [0.25, 0.3) is 0 Å². The molecule has 2 aromatic heterocycles. The minimum atomic E-state index is -0.232. The normalized spacial score (nSPS) is 10.6. The molecule has 0 saturated carbocycles. The predicted octanol–water partition coefficient (Wildman–Crippen LogP) is 2.53. The Morgan fingerprint density at radius 1 is 1.22 bits per heavy atom. The van der Waals surface area contributed by atoms with Crippen molar-refractivity contribution in [2.45, 2.75) is 19.4 Å². The molecule has 7 heteroatoms. The van der Waals surface area contributed by atoms with E-state index in [1.165, 1.54) is 18.5 Å². The standard InChI is InChI=1S/C16H15FN6/c17-13-4-2-12(3-5-13)6-8-19-15-14-10-22-23(9-1-7-18)16(14)21-11-20-15/h2-5,10-11H,1,6,8-9H2,(H,19,20,21). The number of hydrogen-bond donors (Lipinski definition) is 1. The topological polar surface area (TPSA) is 79.4 Å². The maximum absolute atomic E-state index is 12.9. The van der Waals surface area contributed by atoms with Crippen molar-refractivity contribution in [3.05, 3.63) is 48.2 Å². The first-order chi connectivity index (χ1) is 11.3. The van der Waals surface area contributed by atoms with Gasteiger partial charge in [0, 0.05) is 6.54 Å². The molecule has 0 aliphatic heterocycles. The molecule has 0 saturated heterocycles. The van der Waals surface area contributed by atoms with Gasteiger partial charge in [0.05, 0.1) is 30.6 Å². The van der Waals surface area contributed by atoms with Crippen molar-refractivity contribution in [1.29, 1.82) is 5.26 Å². The average Bonchev–Trinajstić information content (AvgIpc) is 2.99. The summed E-state index contributed by atoms with van der Waals surface area (Å²) in [6, 6.07) is 8.55. The zero-order valence-electron chi connectivity index (χ0n) is 12.4. The molecule has 23 heavy (non-hydrogen) atoms. The number of aromatic nitrogens is 4. The molecule has 6 nitrogen and oxygen atoms in total. The van der Waals surface area contributed by atoms with Crippen molar-refractivity contribution in [3.8, 4) is 6.07 Å². The van der Waals surface area contributed by atoms with Gasteiger partial charge in [-0.25, -0.2) is 19.0 Å². The van der Waals surface area contributed by atoms with E-state index in [9.17, 15) is 4.39 Å². The van der Waals surface area contributed by atoms with Gasteiger partial charge >= 0.3 is 0 Å². The molecule has 1 N–H and O–H groups in total. The Bertz CT molecular complexity index is 834. The number of halogens is 1. The molecule has 1 aromatic carbocycles. The number of hydrogen-bond acceptors (Lipinski definition) is 5. The fourth-order valence-electron chi connectivity index (χ4n) is 2.33. The van der Waals surface area contributed by atoms with Crippen LogP contribution in [0.5, 0.6) is 0 Å². The molecule has 0 amide bonds. The highest BCUT2D eigenvalue weighted by molar-refractivity contribution is 5.86. The summed E-state index contributed by atoms with van der Waals surface area (Å²) in [7, 11) is 0. The van der Waals surface area contributed by atoms with Crippen molar-refractivity contribution in [2.24, 2.45) is 0 Å². The Morgan fingerprint density at radius 3 is 2.83 bits per heavy atom. The van der Waals surface area contributed by atoms with Gasteiger partial charge in [-0.05, 0) is 24.1 Å². The van der Waals surface area contributed by atoms with Crippen LogP contribution in [-0.4, -0.2) is 26.3 Å². The Balaban J connectivity index is 1.69. The molecule has 0 radical (unpaired) electrons. The van der Waals surface area contributed by atoms with Crippen molar-refractivity contribution >= 4 is 16.9 Å². The monoisotopic (exact) mass is 310 g/mol. The molecule has 116 valence electrons. The van der Waals surface area contributed by atoms with Crippen LogP contribution in [0.3, 0.4) is 0 Å². The summed E-state index contributed by atoms with van der Waals surface area (Å²) >= 11 is 0. The highest BCUT2D eigenvalue weighted by atomic mass is 19.1. The largest absolute Gasteiger partial charge is 0.369 e. The van der Waals surface area contributed by atoms with Crippen molar-refractivity contribution < 1.29 is 4.39 Å². The van der Waals surface area contributed by atoms with Crippen molar-refractivity contribution in [3.63, 3.8) is 0 Å². The van der Waals surface area contributed by atoms with E-state index in [0.29, 0.717) is 31.0 Å². The second kappa shape index (κ2) is 6.83. The number of fused-ring (bicyclic) bond motifs is 1. The zero-order chi connectivity index (χ0) is 16.1. The zero-order valence-corrected chi connectivity index (χ0v) is 12.4. The molecule has 0 aliphatic carbocycles. The van der Waals surface area contributed by atoms with Gasteiger partial charge in [-0.15, -0.1) is 0 Å². The molecule has 3 aromatic rings. The maximum Gasteiger partial charge on any atom is 0.163 e. The number of aryl methyl sites for hydroxylation is 1. The van der Waals surface area contributed by atoms with Gasteiger partial charge in [-0.2, -0.15) is 10.4 Å². The molecule has 0 aliphatic rings. The second-order valence-electron chi connectivity index (χ2n) is 5.04. The molecule has 0 fully saturated rings. The second-order valence-corrected chi connectivity index (χ2v) is 5.04. The summed E-state index contributed by atoms with van der Waals surface area (Å²) < 4.78 is 14.6. The summed E-state index contributed by atoms with van der Waals surface area (Å²) in [5, 5.41) is 17.0. The van der Waals surface area contributed by atoms with E-state index < -0.39 is 0 Å². The maximum atomic E-state index is 12.9. The fraction of sp³-hybridized carbons (Fsp3) is 0.250. The lowest BCUT2D eigenvalue weighted by Gasteiger charge is -2.07. The third-order valence-corrected chi connectivity index (χ3v) is 3.49. The predicted molar refractivity (Wildman–Crippen MR) is 84.1 cm³/mol. The molecular weight excluding hydrogens is 295 g/mol. The van der Waals surface area contributed by atoms with Crippen LogP contribution < -0.4 is 5.32 Å².